The maximum absolute atomic E-state index is 11.0. The van der Waals surface area contributed by atoms with Crippen molar-refractivity contribution >= 4 is 11.9 Å². The Morgan fingerprint density at radius 1 is 1.00 bits per heavy atom. The van der Waals surface area contributed by atoms with Gasteiger partial charge in [-0.05, 0) is 32.1 Å². The summed E-state index contributed by atoms with van der Waals surface area (Å²) in [6.07, 6.45) is 7.53. The number of ether oxygens (including phenoxy) is 2. The molecule has 4 heteroatoms. The SMILES string of the molecule is CCOC(=O)/C=C/C1CC1/C=C/C(=O)OCC. The predicted molar refractivity (Wildman–Crippen MR) is 63.1 cm³/mol. The van der Waals surface area contributed by atoms with Crippen LogP contribution < -0.4 is 0 Å². The van der Waals surface area contributed by atoms with Crippen LogP contribution in [-0.2, 0) is 19.1 Å². The lowest BCUT2D eigenvalue weighted by Gasteiger charge is -1.94. The number of carbonyl (C=O) groups is 2. The van der Waals surface area contributed by atoms with Crippen LogP contribution in [0, 0.1) is 11.8 Å². The zero-order chi connectivity index (χ0) is 12.7. The average Bonchev–Trinajstić information content (AvgIpc) is 3.03. The fraction of sp³-hybridized carbons (Fsp3) is 0.538. The van der Waals surface area contributed by atoms with Crippen molar-refractivity contribution in [1.82, 2.24) is 0 Å². The van der Waals surface area contributed by atoms with E-state index in [0.717, 1.165) is 6.42 Å². The number of allylic oxidation sites excluding steroid dienone is 2. The molecule has 0 radical (unpaired) electrons. The van der Waals surface area contributed by atoms with Crippen molar-refractivity contribution in [3.63, 3.8) is 0 Å². The number of hydrogen-bond donors (Lipinski definition) is 0. The van der Waals surface area contributed by atoms with Gasteiger partial charge in [-0.2, -0.15) is 0 Å². The quantitative estimate of drug-likeness (QED) is 0.523. The number of rotatable bonds is 6. The van der Waals surface area contributed by atoms with E-state index in [4.69, 9.17) is 9.47 Å². The summed E-state index contributed by atoms with van der Waals surface area (Å²) in [4.78, 5) is 22.1. The summed E-state index contributed by atoms with van der Waals surface area (Å²) in [5.74, 6) is 0.0511. The molecule has 0 bridgehead atoms. The topological polar surface area (TPSA) is 52.6 Å². The molecule has 1 rings (SSSR count). The first-order chi connectivity index (χ1) is 8.17. The Balaban J connectivity index is 2.25. The summed E-state index contributed by atoms with van der Waals surface area (Å²) in [6.45, 7) is 4.32. The van der Waals surface area contributed by atoms with Gasteiger partial charge in [0.05, 0.1) is 13.2 Å². The maximum Gasteiger partial charge on any atom is 0.330 e. The van der Waals surface area contributed by atoms with Crippen molar-refractivity contribution in [1.29, 1.82) is 0 Å². The van der Waals surface area contributed by atoms with Crippen LogP contribution in [0.15, 0.2) is 24.3 Å². The van der Waals surface area contributed by atoms with E-state index in [-0.39, 0.29) is 11.9 Å². The van der Waals surface area contributed by atoms with Crippen molar-refractivity contribution in [2.75, 3.05) is 13.2 Å². The van der Waals surface area contributed by atoms with Crippen molar-refractivity contribution in [2.24, 2.45) is 11.8 Å². The largest absolute Gasteiger partial charge is 0.463 e. The minimum absolute atomic E-state index is 0.312. The fourth-order valence-corrected chi connectivity index (χ4v) is 1.46. The molecule has 0 saturated heterocycles. The molecule has 0 aromatic heterocycles. The van der Waals surface area contributed by atoms with E-state index in [0.29, 0.717) is 25.0 Å². The Bertz CT molecular complexity index is 298. The van der Waals surface area contributed by atoms with Crippen LogP contribution in [0.2, 0.25) is 0 Å². The third-order valence-corrected chi connectivity index (χ3v) is 2.42. The molecule has 0 spiro atoms. The normalized spacial score (nSPS) is 22.9. The molecule has 0 N–H and O–H groups in total. The van der Waals surface area contributed by atoms with Gasteiger partial charge in [0.2, 0.25) is 0 Å². The highest BCUT2D eigenvalue weighted by molar-refractivity contribution is 5.82. The van der Waals surface area contributed by atoms with Gasteiger partial charge in [-0.3, -0.25) is 0 Å². The highest BCUT2D eigenvalue weighted by atomic mass is 16.5. The third kappa shape index (κ3) is 5.33. The molecular weight excluding hydrogens is 220 g/mol. The predicted octanol–water partition coefficient (Wildman–Crippen LogP) is 1.86. The molecule has 94 valence electrons. The van der Waals surface area contributed by atoms with E-state index in [1.165, 1.54) is 12.2 Å². The molecule has 2 atom stereocenters. The molecule has 0 amide bonds. The Morgan fingerprint density at radius 3 is 1.76 bits per heavy atom. The lowest BCUT2D eigenvalue weighted by Crippen LogP contribution is -1.99. The van der Waals surface area contributed by atoms with Gasteiger partial charge in [0.25, 0.3) is 0 Å². The first-order valence-corrected chi connectivity index (χ1v) is 5.87. The van der Waals surface area contributed by atoms with Gasteiger partial charge in [0, 0.05) is 12.2 Å². The molecule has 4 nitrogen and oxygen atoms in total. The second-order valence-electron chi connectivity index (χ2n) is 3.79. The van der Waals surface area contributed by atoms with Crippen molar-refractivity contribution in [2.45, 2.75) is 20.3 Å². The molecule has 1 saturated carbocycles. The molecule has 1 aliphatic rings. The van der Waals surface area contributed by atoms with Crippen LogP contribution in [0.1, 0.15) is 20.3 Å². The maximum atomic E-state index is 11.0. The first-order valence-electron chi connectivity index (χ1n) is 5.87. The minimum atomic E-state index is -0.312. The monoisotopic (exact) mass is 238 g/mol. The Morgan fingerprint density at radius 2 is 1.41 bits per heavy atom. The molecule has 2 unspecified atom stereocenters. The molecule has 0 aromatic carbocycles. The highest BCUT2D eigenvalue weighted by Crippen LogP contribution is 2.40. The number of hydrogen-bond acceptors (Lipinski definition) is 4. The second kappa shape index (κ2) is 6.89. The fourth-order valence-electron chi connectivity index (χ4n) is 1.46. The standard InChI is InChI=1S/C13H18O4/c1-3-16-12(14)7-5-10-9-11(10)6-8-13(15)17-4-2/h5-8,10-11H,3-4,9H2,1-2H3/b7-5+,8-6+. The molecule has 0 aliphatic heterocycles. The van der Waals surface area contributed by atoms with Crippen LogP contribution in [0.5, 0.6) is 0 Å². The summed E-state index contributed by atoms with van der Waals surface area (Å²) in [7, 11) is 0. The van der Waals surface area contributed by atoms with E-state index >= 15 is 0 Å². The highest BCUT2D eigenvalue weighted by Gasteiger charge is 2.32. The Labute approximate surface area is 101 Å². The second-order valence-corrected chi connectivity index (χ2v) is 3.79. The molecule has 1 aliphatic carbocycles. The van der Waals surface area contributed by atoms with Crippen LogP contribution in [-0.4, -0.2) is 25.2 Å². The van der Waals surface area contributed by atoms with Gasteiger partial charge in [-0.15, -0.1) is 0 Å². The Kier molecular flexibility index (Phi) is 5.46. The van der Waals surface area contributed by atoms with Crippen molar-refractivity contribution < 1.29 is 19.1 Å². The van der Waals surface area contributed by atoms with E-state index in [1.54, 1.807) is 13.8 Å². The van der Waals surface area contributed by atoms with Gasteiger partial charge >= 0.3 is 11.9 Å². The van der Waals surface area contributed by atoms with Gasteiger partial charge < -0.3 is 9.47 Å². The van der Waals surface area contributed by atoms with E-state index < -0.39 is 0 Å². The Hall–Kier alpha value is -1.58. The molecule has 0 heterocycles. The van der Waals surface area contributed by atoms with E-state index in [1.807, 2.05) is 12.2 Å². The summed E-state index contributed by atoms with van der Waals surface area (Å²) < 4.78 is 9.54. The lowest BCUT2D eigenvalue weighted by molar-refractivity contribution is -0.138. The number of esters is 2. The van der Waals surface area contributed by atoms with Crippen LogP contribution in [0.4, 0.5) is 0 Å². The molecule has 0 aromatic rings. The summed E-state index contributed by atoms with van der Waals surface area (Å²) in [6, 6.07) is 0. The smallest absolute Gasteiger partial charge is 0.330 e. The number of carbonyl (C=O) groups excluding carboxylic acids is 2. The van der Waals surface area contributed by atoms with Gasteiger partial charge in [0.1, 0.15) is 0 Å². The van der Waals surface area contributed by atoms with Crippen LogP contribution >= 0.6 is 0 Å². The van der Waals surface area contributed by atoms with Gasteiger partial charge in [-0.25, -0.2) is 9.59 Å². The van der Waals surface area contributed by atoms with Crippen LogP contribution in [0.25, 0.3) is 0 Å². The summed E-state index contributed by atoms with van der Waals surface area (Å²) in [5, 5.41) is 0. The van der Waals surface area contributed by atoms with Crippen LogP contribution in [0.3, 0.4) is 0 Å². The molecule has 17 heavy (non-hydrogen) atoms. The van der Waals surface area contributed by atoms with Crippen molar-refractivity contribution in [3.8, 4) is 0 Å². The summed E-state index contributed by atoms with van der Waals surface area (Å²) in [5.41, 5.74) is 0. The van der Waals surface area contributed by atoms with Gasteiger partial charge in [-0.1, -0.05) is 12.2 Å². The van der Waals surface area contributed by atoms with Crippen molar-refractivity contribution in [3.05, 3.63) is 24.3 Å². The van der Waals surface area contributed by atoms with E-state index in [2.05, 4.69) is 0 Å². The van der Waals surface area contributed by atoms with Gasteiger partial charge in [0.15, 0.2) is 0 Å². The molecular formula is C13H18O4. The minimum Gasteiger partial charge on any atom is -0.463 e. The lowest BCUT2D eigenvalue weighted by atomic mass is 10.2. The van der Waals surface area contributed by atoms with E-state index in [9.17, 15) is 9.59 Å². The first kappa shape index (κ1) is 13.5. The zero-order valence-electron chi connectivity index (χ0n) is 10.2. The molecule has 1 fully saturated rings. The third-order valence-electron chi connectivity index (χ3n) is 2.42. The zero-order valence-corrected chi connectivity index (χ0v) is 10.2. The summed E-state index contributed by atoms with van der Waals surface area (Å²) >= 11 is 0. The average molecular weight is 238 g/mol.